The van der Waals surface area contributed by atoms with Gasteiger partial charge in [0.2, 0.25) is 11.9 Å². The van der Waals surface area contributed by atoms with Gasteiger partial charge < -0.3 is 15.2 Å². The first kappa shape index (κ1) is 15.8. The van der Waals surface area contributed by atoms with Crippen molar-refractivity contribution < 1.29 is 4.79 Å². The van der Waals surface area contributed by atoms with Crippen molar-refractivity contribution in [3.8, 4) is 11.1 Å². The average Bonchev–Trinajstić information content (AvgIpc) is 3.30. The molecule has 136 valence electrons. The summed E-state index contributed by atoms with van der Waals surface area (Å²) in [7, 11) is 1.83. The molecule has 1 atom stereocenters. The number of piperidine rings is 1. The highest BCUT2D eigenvalue weighted by Gasteiger charge is 2.23. The number of pyridine rings is 1. The van der Waals surface area contributed by atoms with Crippen LogP contribution in [0.5, 0.6) is 0 Å². The van der Waals surface area contributed by atoms with Crippen LogP contribution in [0.15, 0.2) is 43.0 Å². The molecule has 0 unspecified atom stereocenters. The predicted octanol–water partition coefficient (Wildman–Crippen LogP) is 2.31. The minimum atomic E-state index is 0.170. The van der Waals surface area contributed by atoms with Gasteiger partial charge >= 0.3 is 0 Å². The number of anilines is 1. The average molecular weight is 361 g/mol. The lowest BCUT2D eigenvalue weighted by atomic mass is 10.1. The number of likely N-dealkylation sites (N-methyl/N-ethyl adjacent to an activating group) is 1. The standard InChI is InChI=1S/C19H19N7O/c1-25-11-13(2-3-17(25)27)23-19-21-10-16-15(9-20-18(16)24-19)12-5-7-26-14(8-12)4-6-22-26/h4-10,13H,2-3,11H2,1H3,(H2,20,21,23,24)/t13-/m1/s1. The molecule has 0 spiro atoms. The molecule has 2 N–H and O–H groups in total. The minimum Gasteiger partial charge on any atom is -0.350 e. The lowest BCUT2D eigenvalue weighted by Crippen LogP contribution is -2.43. The van der Waals surface area contributed by atoms with E-state index < -0.39 is 0 Å². The largest absolute Gasteiger partial charge is 0.350 e. The third-order valence-electron chi connectivity index (χ3n) is 5.10. The Morgan fingerprint density at radius 3 is 3.15 bits per heavy atom. The van der Waals surface area contributed by atoms with E-state index in [1.165, 1.54) is 0 Å². The molecule has 27 heavy (non-hydrogen) atoms. The number of hydrogen-bond donors (Lipinski definition) is 2. The second kappa shape index (κ2) is 6.08. The van der Waals surface area contributed by atoms with Crippen molar-refractivity contribution in [3.05, 3.63) is 43.0 Å². The zero-order valence-corrected chi connectivity index (χ0v) is 14.9. The quantitative estimate of drug-likeness (QED) is 0.584. The van der Waals surface area contributed by atoms with E-state index in [-0.39, 0.29) is 11.9 Å². The van der Waals surface area contributed by atoms with Gasteiger partial charge in [-0.2, -0.15) is 10.1 Å². The summed E-state index contributed by atoms with van der Waals surface area (Å²) in [5, 5.41) is 8.55. The zero-order chi connectivity index (χ0) is 18.4. The van der Waals surface area contributed by atoms with Crippen LogP contribution in [0.3, 0.4) is 0 Å². The number of rotatable bonds is 3. The fourth-order valence-electron chi connectivity index (χ4n) is 3.62. The van der Waals surface area contributed by atoms with Gasteiger partial charge in [0.05, 0.1) is 5.52 Å². The molecule has 0 saturated carbocycles. The van der Waals surface area contributed by atoms with E-state index in [4.69, 9.17) is 0 Å². The summed E-state index contributed by atoms with van der Waals surface area (Å²) in [6, 6.07) is 6.27. The molecule has 8 heteroatoms. The Hall–Kier alpha value is -3.42. The number of carbonyl (C=O) groups excluding carboxylic acids is 1. The van der Waals surface area contributed by atoms with Crippen molar-refractivity contribution in [2.24, 2.45) is 0 Å². The van der Waals surface area contributed by atoms with E-state index in [1.54, 1.807) is 11.1 Å². The number of aromatic nitrogens is 5. The Balaban J connectivity index is 1.43. The number of H-pyrrole nitrogens is 1. The highest BCUT2D eigenvalue weighted by atomic mass is 16.2. The van der Waals surface area contributed by atoms with Crippen LogP contribution in [0.4, 0.5) is 5.95 Å². The molecule has 0 aliphatic carbocycles. The number of nitrogens with one attached hydrogen (secondary N) is 2. The molecule has 1 amide bonds. The molecule has 4 aromatic rings. The third-order valence-corrected chi connectivity index (χ3v) is 5.10. The molecule has 5 heterocycles. The molecule has 1 fully saturated rings. The second-order valence-corrected chi connectivity index (χ2v) is 6.93. The van der Waals surface area contributed by atoms with E-state index >= 15 is 0 Å². The van der Waals surface area contributed by atoms with E-state index in [2.05, 4.69) is 31.4 Å². The summed E-state index contributed by atoms with van der Waals surface area (Å²) < 4.78 is 1.84. The molecule has 1 aliphatic rings. The molecule has 4 aromatic heterocycles. The van der Waals surface area contributed by atoms with Crippen LogP contribution in [0.25, 0.3) is 27.7 Å². The maximum Gasteiger partial charge on any atom is 0.224 e. The van der Waals surface area contributed by atoms with Gasteiger partial charge in [0, 0.05) is 61.8 Å². The Labute approximate surface area is 155 Å². The molecule has 0 aromatic carbocycles. The zero-order valence-electron chi connectivity index (χ0n) is 14.9. The topological polar surface area (TPSA) is 91.2 Å². The van der Waals surface area contributed by atoms with Crippen LogP contribution in [0.2, 0.25) is 0 Å². The first-order chi connectivity index (χ1) is 13.2. The van der Waals surface area contributed by atoms with Crippen LogP contribution in [-0.4, -0.2) is 55.0 Å². The van der Waals surface area contributed by atoms with E-state index in [9.17, 15) is 4.79 Å². The van der Waals surface area contributed by atoms with Crippen LogP contribution >= 0.6 is 0 Å². The third kappa shape index (κ3) is 2.79. The van der Waals surface area contributed by atoms with Gasteiger partial charge in [-0.25, -0.2) is 9.50 Å². The highest BCUT2D eigenvalue weighted by molar-refractivity contribution is 5.94. The monoisotopic (exact) mass is 361 g/mol. The molecule has 8 nitrogen and oxygen atoms in total. The van der Waals surface area contributed by atoms with Crippen LogP contribution in [-0.2, 0) is 4.79 Å². The summed E-state index contributed by atoms with van der Waals surface area (Å²) in [4.78, 5) is 25.7. The number of hydrogen-bond acceptors (Lipinski definition) is 5. The van der Waals surface area contributed by atoms with Crippen LogP contribution in [0, 0.1) is 0 Å². The van der Waals surface area contributed by atoms with Crippen molar-refractivity contribution in [1.82, 2.24) is 29.5 Å². The van der Waals surface area contributed by atoms with Gasteiger partial charge in [0.25, 0.3) is 0 Å². The van der Waals surface area contributed by atoms with Crippen molar-refractivity contribution in [1.29, 1.82) is 0 Å². The summed E-state index contributed by atoms with van der Waals surface area (Å²) in [6.45, 7) is 0.668. The van der Waals surface area contributed by atoms with Crippen molar-refractivity contribution >= 4 is 28.4 Å². The molecule has 1 aliphatic heterocycles. The van der Waals surface area contributed by atoms with Gasteiger partial charge in [0.15, 0.2) is 0 Å². The molecular weight excluding hydrogens is 342 g/mol. The molecule has 1 saturated heterocycles. The molecule has 0 radical (unpaired) electrons. The maximum atomic E-state index is 11.6. The Morgan fingerprint density at radius 2 is 2.26 bits per heavy atom. The van der Waals surface area contributed by atoms with E-state index in [1.807, 2.05) is 42.3 Å². The van der Waals surface area contributed by atoms with Gasteiger partial charge in [-0.15, -0.1) is 0 Å². The number of likely N-dealkylation sites (tertiary alicyclic amines) is 1. The first-order valence-electron chi connectivity index (χ1n) is 8.96. The normalized spacial score (nSPS) is 17.7. The Bertz CT molecular complexity index is 1150. The van der Waals surface area contributed by atoms with Crippen LogP contribution in [0.1, 0.15) is 12.8 Å². The van der Waals surface area contributed by atoms with Crippen molar-refractivity contribution in [2.75, 3.05) is 18.9 Å². The maximum absolute atomic E-state index is 11.6. The smallest absolute Gasteiger partial charge is 0.224 e. The summed E-state index contributed by atoms with van der Waals surface area (Å²) in [6.07, 6.45) is 8.88. The SMILES string of the molecule is CN1C[C@H](Nc2ncc3c(-c4ccn5nccc5c4)c[nH]c3n2)CCC1=O. The lowest BCUT2D eigenvalue weighted by molar-refractivity contribution is -0.132. The molecule has 0 bridgehead atoms. The van der Waals surface area contributed by atoms with E-state index in [0.29, 0.717) is 18.9 Å². The molecule has 5 rings (SSSR count). The summed E-state index contributed by atoms with van der Waals surface area (Å²) >= 11 is 0. The number of amides is 1. The first-order valence-corrected chi connectivity index (χ1v) is 8.96. The number of fused-ring (bicyclic) bond motifs is 2. The van der Waals surface area contributed by atoms with Gasteiger partial charge in [-0.3, -0.25) is 4.79 Å². The highest BCUT2D eigenvalue weighted by Crippen LogP contribution is 2.28. The fraction of sp³-hybridized carbons (Fsp3) is 0.263. The van der Waals surface area contributed by atoms with Crippen molar-refractivity contribution in [3.63, 3.8) is 0 Å². The van der Waals surface area contributed by atoms with Gasteiger partial charge in [-0.05, 0) is 30.2 Å². The number of carbonyl (C=O) groups is 1. The van der Waals surface area contributed by atoms with Gasteiger partial charge in [-0.1, -0.05) is 0 Å². The summed E-state index contributed by atoms with van der Waals surface area (Å²) in [5.41, 5.74) is 3.97. The Kier molecular flexibility index (Phi) is 3.56. The fourth-order valence-corrected chi connectivity index (χ4v) is 3.62. The Morgan fingerprint density at radius 1 is 1.33 bits per heavy atom. The minimum absolute atomic E-state index is 0.170. The lowest BCUT2D eigenvalue weighted by Gasteiger charge is -2.30. The van der Waals surface area contributed by atoms with E-state index in [0.717, 1.165) is 34.1 Å². The van der Waals surface area contributed by atoms with Crippen LogP contribution < -0.4 is 5.32 Å². The number of aromatic amines is 1. The van der Waals surface area contributed by atoms with Gasteiger partial charge in [0.1, 0.15) is 5.65 Å². The second-order valence-electron chi connectivity index (χ2n) is 6.93. The molecular formula is C19H19N7O. The number of nitrogens with zero attached hydrogens (tertiary/aromatic N) is 5. The predicted molar refractivity (Wildman–Crippen MR) is 102 cm³/mol. The summed E-state index contributed by atoms with van der Waals surface area (Å²) in [5.74, 6) is 0.767. The van der Waals surface area contributed by atoms with Crippen molar-refractivity contribution in [2.45, 2.75) is 18.9 Å².